The van der Waals surface area contributed by atoms with E-state index in [-0.39, 0.29) is 17.1 Å². The van der Waals surface area contributed by atoms with Crippen molar-refractivity contribution in [2.75, 3.05) is 7.05 Å². The zero-order valence-corrected chi connectivity index (χ0v) is 12.0. The molecule has 0 fully saturated rings. The molecule has 1 aliphatic rings. The summed E-state index contributed by atoms with van der Waals surface area (Å²) in [6, 6.07) is 14.3. The van der Waals surface area contributed by atoms with Gasteiger partial charge in [0.2, 0.25) is 0 Å². The van der Waals surface area contributed by atoms with Crippen LogP contribution in [-0.2, 0) is 17.2 Å². The van der Waals surface area contributed by atoms with Gasteiger partial charge in [-0.25, -0.2) is 4.39 Å². The fraction of sp³-hybridized carbons (Fsp3) is 0.250. The molecule has 0 saturated heterocycles. The molecule has 3 unspecified atom stereocenters. The molecule has 2 aromatic rings. The first kappa shape index (κ1) is 13.5. The molecular weight excluding hydrogens is 273 g/mol. The van der Waals surface area contributed by atoms with Gasteiger partial charge in [-0.3, -0.25) is 4.21 Å². The van der Waals surface area contributed by atoms with Gasteiger partial charge in [-0.05, 0) is 42.8 Å². The molecule has 0 aliphatic heterocycles. The molecule has 1 N–H and O–H groups in total. The SMILES string of the molecule is CNC1c2ccccc2CC1S(=O)c1cccc(F)c1. The third kappa shape index (κ3) is 2.30. The Hall–Kier alpha value is -1.52. The Balaban J connectivity index is 1.94. The Morgan fingerprint density at radius 3 is 2.75 bits per heavy atom. The van der Waals surface area contributed by atoms with E-state index >= 15 is 0 Å². The monoisotopic (exact) mass is 289 g/mol. The second-order valence-electron chi connectivity index (χ2n) is 4.96. The van der Waals surface area contributed by atoms with E-state index in [0.717, 1.165) is 6.42 Å². The maximum atomic E-state index is 13.3. The smallest absolute Gasteiger partial charge is 0.124 e. The second kappa shape index (κ2) is 5.46. The lowest BCUT2D eigenvalue weighted by atomic mass is 10.1. The lowest BCUT2D eigenvalue weighted by molar-refractivity contribution is 0.579. The lowest BCUT2D eigenvalue weighted by Gasteiger charge is -2.19. The summed E-state index contributed by atoms with van der Waals surface area (Å²) in [6.07, 6.45) is 0.755. The highest BCUT2D eigenvalue weighted by atomic mass is 32.2. The second-order valence-corrected chi connectivity index (χ2v) is 6.63. The van der Waals surface area contributed by atoms with Crippen LogP contribution in [0.25, 0.3) is 0 Å². The fourth-order valence-electron chi connectivity index (χ4n) is 2.87. The zero-order valence-electron chi connectivity index (χ0n) is 11.2. The van der Waals surface area contributed by atoms with E-state index in [4.69, 9.17) is 0 Å². The fourth-order valence-corrected chi connectivity index (χ4v) is 4.52. The van der Waals surface area contributed by atoms with E-state index in [1.165, 1.54) is 23.3 Å². The van der Waals surface area contributed by atoms with Crippen LogP contribution in [0.5, 0.6) is 0 Å². The van der Waals surface area contributed by atoms with Gasteiger partial charge in [0, 0.05) is 10.9 Å². The van der Waals surface area contributed by atoms with Crippen molar-refractivity contribution in [2.24, 2.45) is 0 Å². The Labute approximate surface area is 120 Å². The molecule has 2 aromatic carbocycles. The maximum Gasteiger partial charge on any atom is 0.124 e. The zero-order chi connectivity index (χ0) is 14.1. The molecule has 20 heavy (non-hydrogen) atoms. The largest absolute Gasteiger partial charge is 0.312 e. The molecular formula is C16H16FNOS. The highest BCUT2D eigenvalue weighted by molar-refractivity contribution is 7.85. The first-order valence-corrected chi connectivity index (χ1v) is 7.83. The van der Waals surface area contributed by atoms with Crippen molar-refractivity contribution in [2.45, 2.75) is 22.6 Å². The van der Waals surface area contributed by atoms with E-state index in [9.17, 15) is 8.60 Å². The first-order valence-electron chi connectivity index (χ1n) is 6.62. The van der Waals surface area contributed by atoms with Crippen molar-refractivity contribution in [1.29, 1.82) is 0 Å². The molecule has 3 atom stereocenters. The molecule has 2 nitrogen and oxygen atoms in total. The van der Waals surface area contributed by atoms with Gasteiger partial charge >= 0.3 is 0 Å². The van der Waals surface area contributed by atoms with Gasteiger partial charge in [0.25, 0.3) is 0 Å². The van der Waals surface area contributed by atoms with Gasteiger partial charge in [0.15, 0.2) is 0 Å². The average molecular weight is 289 g/mol. The first-order chi connectivity index (χ1) is 9.70. The standard InChI is InChI=1S/C16H16FNOS/c1-18-16-14-8-3-2-5-11(14)9-15(16)20(19)13-7-4-6-12(17)10-13/h2-8,10,15-16,18H,9H2,1H3. The van der Waals surface area contributed by atoms with Crippen LogP contribution in [0.3, 0.4) is 0 Å². The Morgan fingerprint density at radius 1 is 1.20 bits per heavy atom. The highest BCUT2D eigenvalue weighted by Gasteiger charge is 2.35. The molecule has 0 saturated carbocycles. The summed E-state index contributed by atoms with van der Waals surface area (Å²) in [7, 11) is 0.650. The average Bonchev–Trinajstić information content (AvgIpc) is 2.85. The molecule has 0 aromatic heterocycles. The Kier molecular flexibility index (Phi) is 3.68. The molecule has 104 valence electrons. The number of nitrogens with one attached hydrogen (secondary N) is 1. The van der Waals surface area contributed by atoms with Gasteiger partial charge in [-0.2, -0.15) is 0 Å². The minimum Gasteiger partial charge on any atom is -0.312 e. The van der Waals surface area contributed by atoms with Crippen LogP contribution < -0.4 is 5.32 Å². The summed E-state index contributed by atoms with van der Waals surface area (Å²) in [5, 5.41) is 3.19. The van der Waals surface area contributed by atoms with Crippen LogP contribution in [0.4, 0.5) is 4.39 Å². The topological polar surface area (TPSA) is 29.1 Å². The highest BCUT2D eigenvalue weighted by Crippen LogP contribution is 2.35. The van der Waals surface area contributed by atoms with Crippen molar-refractivity contribution in [1.82, 2.24) is 5.32 Å². The minimum absolute atomic E-state index is 0.0512. The van der Waals surface area contributed by atoms with Crippen molar-refractivity contribution in [3.05, 3.63) is 65.5 Å². The quantitative estimate of drug-likeness (QED) is 0.941. The van der Waals surface area contributed by atoms with E-state index in [2.05, 4.69) is 17.4 Å². The number of halogens is 1. The van der Waals surface area contributed by atoms with Crippen LogP contribution in [0.2, 0.25) is 0 Å². The molecule has 4 heteroatoms. The predicted octanol–water partition coefficient (Wildman–Crippen LogP) is 2.82. The van der Waals surface area contributed by atoms with Crippen LogP contribution in [0, 0.1) is 5.82 Å². The Bertz CT molecular complexity index is 658. The summed E-state index contributed by atoms with van der Waals surface area (Å²) >= 11 is 0. The normalized spacial score (nSPS) is 22.5. The summed E-state index contributed by atoms with van der Waals surface area (Å²) in [5.41, 5.74) is 2.42. The summed E-state index contributed by atoms with van der Waals surface area (Å²) < 4.78 is 26.0. The number of fused-ring (bicyclic) bond motifs is 1. The predicted molar refractivity (Wildman–Crippen MR) is 78.5 cm³/mol. The van der Waals surface area contributed by atoms with E-state index in [1.807, 2.05) is 19.2 Å². The van der Waals surface area contributed by atoms with Crippen LogP contribution in [0.1, 0.15) is 17.2 Å². The van der Waals surface area contributed by atoms with Crippen LogP contribution >= 0.6 is 0 Å². The molecule has 0 heterocycles. The third-order valence-electron chi connectivity index (χ3n) is 3.80. The van der Waals surface area contributed by atoms with Crippen molar-refractivity contribution in [3.8, 4) is 0 Å². The van der Waals surface area contributed by atoms with E-state index < -0.39 is 10.8 Å². The lowest BCUT2D eigenvalue weighted by Crippen LogP contribution is -2.29. The van der Waals surface area contributed by atoms with Gasteiger partial charge in [-0.15, -0.1) is 0 Å². The van der Waals surface area contributed by atoms with E-state index in [0.29, 0.717) is 4.90 Å². The summed E-state index contributed by atoms with van der Waals surface area (Å²) in [6.45, 7) is 0. The maximum absolute atomic E-state index is 13.3. The number of hydrogen-bond acceptors (Lipinski definition) is 2. The molecule has 0 radical (unpaired) electrons. The number of benzene rings is 2. The molecule has 0 amide bonds. The van der Waals surface area contributed by atoms with Gasteiger partial charge in [-0.1, -0.05) is 30.3 Å². The number of rotatable bonds is 3. The van der Waals surface area contributed by atoms with E-state index in [1.54, 1.807) is 12.1 Å². The van der Waals surface area contributed by atoms with Crippen molar-refractivity contribution >= 4 is 10.8 Å². The third-order valence-corrected chi connectivity index (χ3v) is 5.50. The van der Waals surface area contributed by atoms with Gasteiger partial charge < -0.3 is 5.32 Å². The number of hydrogen-bond donors (Lipinski definition) is 1. The van der Waals surface area contributed by atoms with Gasteiger partial charge in [0.1, 0.15) is 5.82 Å². The molecule has 1 aliphatic carbocycles. The summed E-state index contributed by atoms with van der Waals surface area (Å²) in [4.78, 5) is 0.558. The molecule has 3 rings (SSSR count). The summed E-state index contributed by atoms with van der Waals surface area (Å²) in [5.74, 6) is -0.340. The van der Waals surface area contributed by atoms with Crippen LogP contribution in [0.15, 0.2) is 53.4 Å². The van der Waals surface area contributed by atoms with Gasteiger partial charge in [0.05, 0.1) is 16.0 Å². The van der Waals surface area contributed by atoms with Crippen LogP contribution in [-0.4, -0.2) is 16.5 Å². The van der Waals surface area contributed by atoms with Crippen molar-refractivity contribution in [3.63, 3.8) is 0 Å². The molecule has 0 bridgehead atoms. The Morgan fingerprint density at radius 2 is 2.00 bits per heavy atom. The minimum atomic E-state index is -1.23. The molecule has 0 spiro atoms. The van der Waals surface area contributed by atoms with Crippen molar-refractivity contribution < 1.29 is 8.60 Å².